The Bertz CT molecular complexity index is 1140. The standard InChI is InChI=1S/C22H26NO11P/c24-13-10-14(25)18-17(11-13)33-21(12-8-15(26)19(28)16(27)9-12)22(20(18)29)34-35(30,31)32-7-3-6-23-4-1-2-5-23/h8-11,21-22,24-28H,1-7H2,(H,30,31)/t21-,22+/m1/s1. The molecule has 2 aromatic rings. The van der Waals surface area contributed by atoms with E-state index in [9.17, 15) is 39.8 Å². The highest BCUT2D eigenvalue weighted by atomic mass is 31.2. The molecule has 1 fully saturated rings. The van der Waals surface area contributed by atoms with Crippen LogP contribution in [0.15, 0.2) is 24.3 Å². The molecule has 12 nitrogen and oxygen atoms in total. The summed E-state index contributed by atoms with van der Waals surface area (Å²) in [6.07, 6.45) is -0.725. The van der Waals surface area contributed by atoms with Crippen LogP contribution in [0.5, 0.6) is 34.5 Å². The smallest absolute Gasteiger partial charge is 0.473 e. The minimum atomic E-state index is -4.81. The van der Waals surface area contributed by atoms with Gasteiger partial charge in [0.25, 0.3) is 0 Å². The quantitative estimate of drug-likeness (QED) is 0.173. The van der Waals surface area contributed by atoms with Gasteiger partial charge in [-0.1, -0.05) is 0 Å². The van der Waals surface area contributed by atoms with E-state index in [0.717, 1.165) is 50.2 Å². The predicted octanol–water partition coefficient (Wildman–Crippen LogP) is 2.52. The molecule has 0 radical (unpaired) electrons. The van der Waals surface area contributed by atoms with Gasteiger partial charge in [0.05, 0.1) is 6.61 Å². The van der Waals surface area contributed by atoms with Gasteiger partial charge < -0.3 is 40.1 Å². The number of ketones is 1. The lowest BCUT2D eigenvalue weighted by molar-refractivity contribution is 0.0131. The van der Waals surface area contributed by atoms with E-state index in [1.54, 1.807) is 0 Å². The predicted molar refractivity (Wildman–Crippen MR) is 120 cm³/mol. The summed E-state index contributed by atoms with van der Waals surface area (Å²) in [5, 5.41) is 49.4. The SMILES string of the molecule is O=C1c2c(O)cc(O)cc2O[C@H](c2cc(O)c(O)c(O)c2)[C@H]1OP(=O)(O)OCCCN1CCCC1. The molecule has 3 atom stereocenters. The number of phosphoric acid groups is 1. The van der Waals surface area contributed by atoms with Crippen LogP contribution in [-0.4, -0.2) is 73.5 Å². The zero-order valence-electron chi connectivity index (χ0n) is 18.5. The van der Waals surface area contributed by atoms with Gasteiger partial charge >= 0.3 is 7.82 Å². The van der Waals surface area contributed by atoms with E-state index in [0.29, 0.717) is 13.0 Å². The van der Waals surface area contributed by atoms with Gasteiger partial charge in [-0.3, -0.25) is 13.8 Å². The molecule has 2 aromatic carbocycles. The Hall–Kier alpha value is -3.02. The number of phenolic OH excluding ortho intramolecular Hbond substituents is 5. The van der Waals surface area contributed by atoms with Crippen molar-refractivity contribution in [1.29, 1.82) is 0 Å². The number of hydrogen-bond donors (Lipinski definition) is 6. The van der Waals surface area contributed by atoms with E-state index in [2.05, 4.69) is 4.90 Å². The first-order valence-corrected chi connectivity index (χ1v) is 12.4. The van der Waals surface area contributed by atoms with Gasteiger partial charge in [0.2, 0.25) is 5.78 Å². The molecule has 1 unspecified atom stereocenters. The number of aromatic hydroxyl groups is 5. The molecule has 0 saturated carbocycles. The molecule has 0 spiro atoms. The van der Waals surface area contributed by atoms with Gasteiger partial charge in [-0.25, -0.2) is 4.57 Å². The molecule has 6 N–H and O–H groups in total. The number of likely N-dealkylation sites (tertiary alicyclic amines) is 1. The van der Waals surface area contributed by atoms with Crippen LogP contribution in [0.2, 0.25) is 0 Å². The van der Waals surface area contributed by atoms with Crippen LogP contribution in [0, 0.1) is 0 Å². The number of ether oxygens (including phenoxy) is 1. The minimum absolute atomic E-state index is 0.0985. The summed E-state index contributed by atoms with van der Waals surface area (Å²) in [6.45, 7) is 2.46. The van der Waals surface area contributed by atoms with Crippen LogP contribution >= 0.6 is 7.82 Å². The molecule has 2 aliphatic rings. The molecule has 13 heteroatoms. The van der Waals surface area contributed by atoms with E-state index < -0.39 is 60.1 Å². The zero-order valence-corrected chi connectivity index (χ0v) is 19.4. The molecule has 2 aliphatic heterocycles. The topological polar surface area (TPSA) is 186 Å². The first-order chi connectivity index (χ1) is 16.6. The Morgan fingerprint density at radius 3 is 2.31 bits per heavy atom. The van der Waals surface area contributed by atoms with Crippen molar-refractivity contribution < 1.29 is 53.6 Å². The van der Waals surface area contributed by atoms with Crippen molar-refractivity contribution in [2.75, 3.05) is 26.2 Å². The highest BCUT2D eigenvalue weighted by Crippen LogP contribution is 2.52. The number of rotatable bonds is 8. The van der Waals surface area contributed by atoms with Crippen LogP contribution in [0.25, 0.3) is 0 Å². The van der Waals surface area contributed by atoms with E-state index in [1.807, 2.05) is 0 Å². The van der Waals surface area contributed by atoms with Gasteiger partial charge in [0, 0.05) is 24.2 Å². The summed E-state index contributed by atoms with van der Waals surface area (Å²) in [7, 11) is -4.81. The molecule has 0 bridgehead atoms. The fourth-order valence-electron chi connectivity index (χ4n) is 4.19. The third-order valence-corrected chi connectivity index (χ3v) is 6.84. The Balaban J connectivity index is 1.59. The summed E-state index contributed by atoms with van der Waals surface area (Å²) in [4.78, 5) is 25.7. The summed E-state index contributed by atoms with van der Waals surface area (Å²) < 4.78 is 28.6. The van der Waals surface area contributed by atoms with E-state index in [-0.39, 0.29) is 17.9 Å². The van der Waals surface area contributed by atoms with E-state index in [1.165, 1.54) is 0 Å². The summed E-state index contributed by atoms with van der Waals surface area (Å²) in [5.41, 5.74) is -0.496. The fourth-order valence-corrected chi connectivity index (χ4v) is 5.10. The average Bonchev–Trinajstić information content (AvgIpc) is 3.29. The highest BCUT2D eigenvalue weighted by Gasteiger charge is 2.45. The number of Topliss-reactive ketones (excluding diaryl/α,β-unsaturated/α-hetero) is 1. The molecular weight excluding hydrogens is 485 g/mol. The third kappa shape index (κ3) is 5.47. The molecule has 0 amide bonds. The third-order valence-electron chi connectivity index (χ3n) is 5.84. The molecule has 2 heterocycles. The Kier molecular flexibility index (Phi) is 7.11. The van der Waals surface area contributed by atoms with Gasteiger partial charge in [-0.05, 0) is 44.5 Å². The van der Waals surface area contributed by atoms with Crippen LogP contribution in [0.1, 0.15) is 41.3 Å². The Morgan fingerprint density at radius 2 is 1.66 bits per heavy atom. The number of fused-ring (bicyclic) bond motifs is 1. The summed E-state index contributed by atoms with van der Waals surface area (Å²) in [6, 6.07) is 3.87. The number of benzene rings is 2. The summed E-state index contributed by atoms with van der Waals surface area (Å²) >= 11 is 0. The van der Waals surface area contributed by atoms with E-state index >= 15 is 0 Å². The maximum absolute atomic E-state index is 13.2. The van der Waals surface area contributed by atoms with Crippen molar-refractivity contribution in [3.05, 3.63) is 35.4 Å². The van der Waals surface area contributed by atoms with Crippen molar-refractivity contribution in [2.45, 2.75) is 31.5 Å². The minimum Gasteiger partial charge on any atom is -0.508 e. The molecule has 0 aliphatic carbocycles. The largest absolute Gasteiger partial charge is 0.508 e. The number of nitrogens with zero attached hydrogens (tertiary/aromatic N) is 1. The van der Waals surface area contributed by atoms with Gasteiger partial charge in [0.1, 0.15) is 22.8 Å². The lowest BCUT2D eigenvalue weighted by atomic mass is 9.92. The number of phenols is 5. The zero-order chi connectivity index (χ0) is 25.3. The van der Waals surface area contributed by atoms with Crippen molar-refractivity contribution in [1.82, 2.24) is 4.90 Å². The fraction of sp³-hybridized carbons (Fsp3) is 0.409. The van der Waals surface area contributed by atoms with Crippen LogP contribution in [-0.2, 0) is 13.6 Å². The Morgan fingerprint density at radius 1 is 1.00 bits per heavy atom. The van der Waals surface area contributed by atoms with Crippen molar-refractivity contribution in [2.24, 2.45) is 0 Å². The number of phosphoric ester groups is 1. The maximum atomic E-state index is 13.2. The van der Waals surface area contributed by atoms with Gasteiger partial charge in [0.15, 0.2) is 29.5 Å². The molecule has 1 saturated heterocycles. The van der Waals surface area contributed by atoms with Gasteiger partial charge in [-0.2, -0.15) is 0 Å². The number of hydrogen-bond acceptors (Lipinski definition) is 11. The molecule has 0 aromatic heterocycles. The molecular formula is C22H26NO11P. The van der Waals surface area contributed by atoms with Crippen molar-refractivity contribution in [3.63, 3.8) is 0 Å². The lowest BCUT2D eigenvalue weighted by Gasteiger charge is -2.33. The maximum Gasteiger partial charge on any atom is 0.473 e. The highest BCUT2D eigenvalue weighted by molar-refractivity contribution is 7.47. The number of carbonyl (C=O) groups is 1. The van der Waals surface area contributed by atoms with Crippen molar-refractivity contribution in [3.8, 4) is 34.5 Å². The van der Waals surface area contributed by atoms with Crippen LogP contribution < -0.4 is 4.74 Å². The first-order valence-electron chi connectivity index (χ1n) is 11.0. The lowest BCUT2D eigenvalue weighted by Crippen LogP contribution is -2.38. The average molecular weight is 511 g/mol. The normalized spacial score (nSPS) is 21.9. The second-order valence-electron chi connectivity index (χ2n) is 8.38. The second-order valence-corrected chi connectivity index (χ2v) is 9.78. The number of carbonyl (C=O) groups excluding carboxylic acids is 1. The summed E-state index contributed by atoms with van der Waals surface area (Å²) in [5.74, 6) is -4.60. The Labute approximate surface area is 200 Å². The van der Waals surface area contributed by atoms with Gasteiger partial charge in [-0.15, -0.1) is 0 Å². The molecule has 4 rings (SSSR count). The van der Waals surface area contributed by atoms with Crippen molar-refractivity contribution >= 4 is 13.6 Å². The monoisotopic (exact) mass is 511 g/mol. The van der Waals surface area contributed by atoms with Crippen LogP contribution in [0.4, 0.5) is 0 Å². The molecule has 190 valence electrons. The van der Waals surface area contributed by atoms with Crippen LogP contribution in [0.3, 0.4) is 0 Å². The first kappa shape index (κ1) is 25.1. The second kappa shape index (κ2) is 9.92. The van der Waals surface area contributed by atoms with E-state index in [4.69, 9.17) is 13.8 Å². The molecule has 35 heavy (non-hydrogen) atoms.